The topological polar surface area (TPSA) is 64.5 Å². The smallest absolute Gasteiger partial charge is 0.164 e. The second kappa shape index (κ2) is 12.3. The van der Waals surface area contributed by atoms with Crippen molar-refractivity contribution in [3.63, 3.8) is 0 Å². The predicted octanol–water partition coefficient (Wildman–Crippen LogP) is 11.0. The fraction of sp³-hybridized carbons (Fsp3) is 0. The lowest BCUT2D eigenvalue weighted by Crippen LogP contribution is -2.00. The Bertz CT molecular complexity index is 2540. The average molecular weight is 646 g/mol. The Labute approximate surface area is 287 Å². The number of hydrogen-bond donors (Lipinski definition) is 0. The van der Waals surface area contributed by atoms with Crippen LogP contribution in [0.2, 0.25) is 0 Å². The lowest BCUT2D eigenvalue weighted by atomic mass is 9.93. The molecule has 3 aromatic heterocycles. The average Bonchev–Trinajstić information content (AvgIpc) is 3.62. The Morgan fingerprint density at radius 1 is 0.408 bits per heavy atom. The summed E-state index contributed by atoms with van der Waals surface area (Å²) in [6.07, 6.45) is 3.76. The van der Waals surface area contributed by atoms with Crippen LogP contribution in [0.25, 0.3) is 88.0 Å². The summed E-state index contributed by atoms with van der Waals surface area (Å²) in [6, 6.07) is 52.1. The van der Waals surface area contributed by atoms with Crippen LogP contribution in [0.1, 0.15) is 0 Å². The molecule has 49 heavy (non-hydrogen) atoms. The van der Waals surface area contributed by atoms with E-state index in [4.69, 9.17) is 19.9 Å². The molecule has 0 saturated heterocycles. The lowest BCUT2D eigenvalue weighted by Gasteiger charge is -2.13. The third kappa shape index (κ3) is 5.64. The zero-order valence-electron chi connectivity index (χ0n) is 26.2. The highest BCUT2D eigenvalue weighted by atomic mass is 32.1. The van der Waals surface area contributed by atoms with Crippen LogP contribution in [0.5, 0.6) is 0 Å². The van der Waals surface area contributed by atoms with Crippen LogP contribution in [0.4, 0.5) is 0 Å². The van der Waals surface area contributed by atoms with Crippen molar-refractivity contribution in [1.29, 1.82) is 0 Å². The molecule has 9 rings (SSSR count). The third-order valence-electron chi connectivity index (χ3n) is 8.62. The number of pyridine rings is 1. The minimum Gasteiger partial charge on any atom is -0.264 e. The standard InChI is InChI=1S/C43H27N5S/c1-4-11-28(12-5-1)40-46-41(29-13-6-2-7-14-29)48-42(47-40)35-24-33(23-34(25-35)36-18-10-17-32-27-44-22-21-37(32)36)31-19-20-38-39(26-31)49-43(45-38)30-15-8-3-9-16-30/h1-27H. The molecule has 0 aliphatic heterocycles. The van der Waals surface area contributed by atoms with Gasteiger partial charge in [0, 0.05) is 40.0 Å². The molecule has 0 bridgehead atoms. The normalized spacial score (nSPS) is 11.3. The summed E-state index contributed by atoms with van der Waals surface area (Å²) in [7, 11) is 0. The van der Waals surface area contributed by atoms with Crippen LogP contribution < -0.4 is 0 Å². The number of aromatic nitrogens is 5. The summed E-state index contributed by atoms with van der Waals surface area (Å²) in [5.74, 6) is 1.88. The number of benzene rings is 6. The van der Waals surface area contributed by atoms with Gasteiger partial charge in [-0.1, -0.05) is 115 Å². The second-order valence-corrected chi connectivity index (χ2v) is 12.8. The van der Waals surface area contributed by atoms with Crippen LogP contribution >= 0.6 is 11.3 Å². The first-order chi connectivity index (χ1) is 24.2. The van der Waals surface area contributed by atoms with E-state index in [0.29, 0.717) is 17.5 Å². The molecule has 0 N–H and O–H groups in total. The molecule has 0 unspecified atom stereocenters. The first kappa shape index (κ1) is 28.8. The molecule has 0 aliphatic rings. The van der Waals surface area contributed by atoms with E-state index < -0.39 is 0 Å². The maximum absolute atomic E-state index is 5.08. The van der Waals surface area contributed by atoms with Crippen molar-refractivity contribution in [2.45, 2.75) is 0 Å². The Morgan fingerprint density at radius 3 is 1.71 bits per heavy atom. The quantitative estimate of drug-likeness (QED) is 0.180. The van der Waals surface area contributed by atoms with Gasteiger partial charge in [0.05, 0.1) is 10.2 Å². The Kier molecular flexibility index (Phi) is 7.26. The highest BCUT2D eigenvalue weighted by Gasteiger charge is 2.16. The number of nitrogens with zero attached hydrogens (tertiary/aromatic N) is 5. The molecule has 6 heteroatoms. The molecule has 0 aliphatic carbocycles. The van der Waals surface area contributed by atoms with Gasteiger partial charge in [0.2, 0.25) is 0 Å². The van der Waals surface area contributed by atoms with Crippen molar-refractivity contribution in [1.82, 2.24) is 24.9 Å². The van der Waals surface area contributed by atoms with Gasteiger partial charge in [-0.3, -0.25) is 4.98 Å². The molecule has 5 nitrogen and oxygen atoms in total. The molecular weight excluding hydrogens is 619 g/mol. The molecular formula is C43H27N5S. The lowest BCUT2D eigenvalue weighted by molar-refractivity contribution is 1.07. The molecule has 9 aromatic rings. The molecule has 3 heterocycles. The van der Waals surface area contributed by atoms with Crippen molar-refractivity contribution >= 4 is 32.3 Å². The number of thiazole rings is 1. The maximum Gasteiger partial charge on any atom is 0.164 e. The summed E-state index contributed by atoms with van der Waals surface area (Å²) >= 11 is 1.71. The van der Waals surface area contributed by atoms with Gasteiger partial charge in [0.25, 0.3) is 0 Å². The van der Waals surface area contributed by atoms with Gasteiger partial charge in [-0.25, -0.2) is 19.9 Å². The Hall–Kier alpha value is -6.37. The fourth-order valence-electron chi connectivity index (χ4n) is 6.20. The maximum atomic E-state index is 5.08. The van der Waals surface area contributed by atoms with E-state index in [-0.39, 0.29) is 0 Å². The van der Waals surface area contributed by atoms with Crippen molar-refractivity contribution in [3.8, 4) is 67.0 Å². The fourth-order valence-corrected chi connectivity index (χ4v) is 7.21. The van der Waals surface area contributed by atoms with E-state index >= 15 is 0 Å². The molecule has 0 fully saturated rings. The second-order valence-electron chi connectivity index (χ2n) is 11.8. The highest BCUT2D eigenvalue weighted by Crippen LogP contribution is 2.38. The predicted molar refractivity (Wildman–Crippen MR) is 201 cm³/mol. The van der Waals surface area contributed by atoms with Gasteiger partial charge in [-0.2, -0.15) is 0 Å². The van der Waals surface area contributed by atoms with Crippen molar-refractivity contribution < 1.29 is 0 Å². The van der Waals surface area contributed by atoms with Gasteiger partial charge in [-0.05, 0) is 64.0 Å². The minimum atomic E-state index is 0.614. The van der Waals surface area contributed by atoms with Crippen LogP contribution in [-0.2, 0) is 0 Å². The molecule has 0 atom stereocenters. The van der Waals surface area contributed by atoms with Crippen LogP contribution in [-0.4, -0.2) is 24.9 Å². The van der Waals surface area contributed by atoms with Crippen molar-refractivity contribution in [2.24, 2.45) is 0 Å². The summed E-state index contributed by atoms with van der Waals surface area (Å²) in [5.41, 5.74) is 9.25. The van der Waals surface area contributed by atoms with E-state index in [1.165, 1.54) is 0 Å². The SMILES string of the molecule is c1ccc(-c2nc(-c3ccccc3)nc(-c3cc(-c4ccc5nc(-c6ccccc6)sc5c4)cc(-c4cccc5cnccc45)c3)n2)cc1. The van der Waals surface area contributed by atoms with E-state index in [1.807, 2.05) is 79.1 Å². The molecule has 230 valence electrons. The van der Waals surface area contributed by atoms with Gasteiger partial charge in [0.1, 0.15) is 5.01 Å². The third-order valence-corrected chi connectivity index (χ3v) is 9.69. The van der Waals surface area contributed by atoms with Gasteiger partial charge < -0.3 is 0 Å². The van der Waals surface area contributed by atoms with Crippen LogP contribution in [0.3, 0.4) is 0 Å². The molecule has 0 amide bonds. The zero-order chi connectivity index (χ0) is 32.6. The highest BCUT2D eigenvalue weighted by molar-refractivity contribution is 7.21. The summed E-state index contributed by atoms with van der Waals surface area (Å²) < 4.78 is 1.14. The van der Waals surface area contributed by atoms with E-state index in [1.54, 1.807) is 11.3 Å². The first-order valence-electron chi connectivity index (χ1n) is 16.1. The van der Waals surface area contributed by atoms with E-state index in [2.05, 4.69) is 89.9 Å². The number of fused-ring (bicyclic) bond motifs is 2. The summed E-state index contributed by atoms with van der Waals surface area (Å²) in [5, 5.41) is 3.24. The Balaban J connectivity index is 1.26. The molecule has 0 spiro atoms. The number of hydrogen-bond acceptors (Lipinski definition) is 6. The van der Waals surface area contributed by atoms with Crippen molar-refractivity contribution in [2.75, 3.05) is 0 Å². The minimum absolute atomic E-state index is 0.614. The number of rotatable bonds is 6. The monoisotopic (exact) mass is 645 g/mol. The zero-order valence-corrected chi connectivity index (χ0v) is 27.0. The summed E-state index contributed by atoms with van der Waals surface area (Å²) in [6.45, 7) is 0. The molecule has 0 radical (unpaired) electrons. The summed E-state index contributed by atoms with van der Waals surface area (Å²) in [4.78, 5) is 24.4. The first-order valence-corrected chi connectivity index (χ1v) is 16.9. The molecule has 6 aromatic carbocycles. The van der Waals surface area contributed by atoms with Gasteiger partial charge >= 0.3 is 0 Å². The van der Waals surface area contributed by atoms with E-state index in [9.17, 15) is 0 Å². The Morgan fingerprint density at radius 2 is 1.02 bits per heavy atom. The van der Waals surface area contributed by atoms with E-state index in [0.717, 1.165) is 70.5 Å². The van der Waals surface area contributed by atoms with Crippen molar-refractivity contribution in [3.05, 3.63) is 164 Å². The largest absolute Gasteiger partial charge is 0.264 e. The van der Waals surface area contributed by atoms with Crippen LogP contribution in [0, 0.1) is 0 Å². The van der Waals surface area contributed by atoms with Gasteiger partial charge in [0.15, 0.2) is 17.5 Å². The van der Waals surface area contributed by atoms with Gasteiger partial charge in [-0.15, -0.1) is 11.3 Å². The molecule has 0 saturated carbocycles. The van der Waals surface area contributed by atoms with Crippen LogP contribution in [0.15, 0.2) is 164 Å².